The summed E-state index contributed by atoms with van der Waals surface area (Å²) in [6.45, 7) is 2.86. The fraction of sp³-hybridized carbons (Fsp3) is 1.00. The first-order valence-electron chi connectivity index (χ1n) is 3.73. The number of nitrogens with one attached hydrogen (secondary N) is 1. The molecule has 2 N–H and O–H groups in total. The fourth-order valence-corrected chi connectivity index (χ4v) is 1.65. The monoisotopic (exact) mass is 217 g/mol. The van der Waals surface area contributed by atoms with Crippen LogP contribution in [0.4, 0.5) is 8.78 Å². The number of rotatable bonds is 5. The molecule has 0 aliphatic heterocycles. The van der Waals surface area contributed by atoms with Gasteiger partial charge in [-0.2, -0.15) is 8.78 Å². The van der Waals surface area contributed by atoms with Crippen molar-refractivity contribution >= 4 is 10.0 Å². The zero-order valence-electron chi connectivity index (χ0n) is 7.37. The molecule has 0 rings (SSSR count). The van der Waals surface area contributed by atoms with Crippen LogP contribution in [0.15, 0.2) is 0 Å². The van der Waals surface area contributed by atoms with Crippen molar-refractivity contribution in [1.29, 1.82) is 0 Å². The van der Waals surface area contributed by atoms with Crippen molar-refractivity contribution in [2.24, 2.45) is 0 Å². The highest BCUT2D eigenvalue weighted by molar-refractivity contribution is 7.89. The van der Waals surface area contributed by atoms with Gasteiger partial charge in [0.25, 0.3) is 10.0 Å². The minimum absolute atomic E-state index is 0.103. The summed E-state index contributed by atoms with van der Waals surface area (Å²) in [5.41, 5.74) is 0. The van der Waals surface area contributed by atoms with Crippen molar-refractivity contribution < 1.29 is 22.3 Å². The molecule has 7 heteroatoms. The van der Waals surface area contributed by atoms with Gasteiger partial charge in [0.15, 0.2) is 0 Å². The maximum absolute atomic E-state index is 11.8. The molecule has 0 aliphatic carbocycles. The largest absolute Gasteiger partial charge is 0.393 e. The van der Waals surface area contributed by atoms with Gasteiger partial charge in [-0.1, -0.05) is 0 Å². The zero-order chi connectivity index (χ0) is 10.6. The molecule has 0 radical (unpaired) electrons. The van der Waals surface area contributed by atoms with Gasteiger partial charge < -0.3 is 5.11 Å². The van der Waals surface area contributed by atoms with Crippen LogP contribution in [0, 0.1) is 0 Å². The van der Waals surface area contributed by atoms with Gasteiger partial charge in [0.1, 0.15) is 0 Å². The molecule has 80 valence electrons. The molecule has 0 amide bonds. The fourth-order valence-electron chi connectivity index (χ4n) is 0.892. The van der Waals surface area contributed by atoms with E-state index in [-0.39, 0.29) is 6.42 Å². The maximum atomic E-state index is 11.8. The molecule has 2 unspecified atom stereocenters. The van der Waals surface area contributed by atoms with Gasteiger partial charge >= 0.3 is 5.76 Å². The Morgan fingerprint density at radius 3 is 2.15 bits per heavy atom. The average Bonchev–Trinajstić information content (AvgIpc) is 1.82. The molecule has 0 aliphatic rings. The van der Waals surface area contributed by atoms with E-state index in [4.69, 9.17) is 5.11 Å². The van der Waals surface area contributed by atoms with E-state index < -0.39 is 27.9 Å². The van der Waals surface area contributed by atoms with E-state index in [0.29, 0.717) is 0 Å². The summed E-state index contributed by atoms with van der Waals surface area (Å²) >= 11 is 0. The van der Waals surface area contributed by atoms with Crippen LogP contribution in [0.25, 0.3) is 0 Å². The molecule has 0 bridgehead atoms. The Hall–Kier alpha value is -0.270. The van der Waals surface area contributed by atoms with E-state index in [2.05, 4.69) is 0 Å². The lowest BCUT2D eigenvalue weighted by Gasteiger charge is -2.14. The molecule has 0 aromatic carbocycles. The minimum Gasteiger partial charge on any atom is -0.393 e. The van der Waals surface area contributed by atoms with Gasteiger partial charge in [-0.05, 0) is 20.3 Å². The second-order valence-electron chi connectivity index (χ2n) is 2.91. The van der Waals surface area contributed by atoms with Crippen LogP contribution in [0.5, 0.6) is 0 Å². The highest BCUT2D eigenvalue weighted by atomic mass is 32.2. The summed E-state index contributed by atoms with van der Waals surface area (Å²) in [6, 6.07) is -0.695. The quantitative estimate of drug-likeness (QED) is 0.695. The van der Waals surface area contributed by atoms with Crippen LogP contribution in [-0.4, -0.2) is 31.4 Å². The molecule has 0 fully saturated rings. The summed E-state index contributed by atoms with van der Waals surface area (Å²) in [5.74, 6) is -3.43. The molecule has 0 spiro atoms. The lowest BCUT2D eigenvalue weighted by atomic mass is 10.2. The molecular formula is C6H13F2NO3S. The lowest BCUT2D eigenvalue weighted by Crippen LogP contribution is -2.37. The molecule has 13 heavy (non-hydrogen) atoms. The van der Waals surface area contributed by atoms with Crippen LogP contribution in [0.2, 0.25) is 0 Å². The Bertz CT molecular complexity index is 240. The molecule has 0 saturated heterocycles. The Kier molecular flexibility index (Phi) is 4.72. The summed E-state index contributed by atoms with van der Waals surface area (Å²) < 4.78 is 46.5. The Balaban J connectivity index is 4.13. The third-order valence-corrected chi connectivity index (χ3v) is 2.49. The SMILES string of the molecule is CC(O)CC(C)NS(=O)(=O)C(F)F. The first-order valence-corrected chi connectivity index (χ1v) is 5.27. The van der Waals surface area contributed by atoms with Crippen molar-refractivity contribution in [3.8, 4) is 0 Å². The number of halogens is 2. The number of alkyl halides is 2. The molecule has 0 aromatic rings. The summed E-state index contributed by atoms with van der Waals surface area (Å²) in [7, 11) is -4.54. The van der Waals surface area contributed by atoms with Crippen molar-refractivity contribution in [2.75, 3.05) is 0 Å². The molecule has 0 saturated carbocycles. The molecular weight excluding hydrogens is 204 g/mol. The van der Waals surface area contributed by atoms with Crippen LogP contribution >= 0.6 is 0 Å². The third kappa shape index (κ3) is 5.12. The van der Waals surface area contributed by atoms with Gasteiger partial charge in [-0.25, -0.2) is 13.1 Å². The summed E-state index contributed by atoms with van der Waals surface area (Å²) in [4.78, 5) is 0. The Morgan fingerprint density at radius 1 is 1.38 bits per heavy atom. The molecule has 0 heterocycles. The number of sulfonamides is 1. The van der Waals surface area contributed by atoms with Crippen LogP contribution in [-0.2, 0) is 10.0 Å². The molecule has 4 nitrogen and oxygen atoms in total. The van der Waals surface area contributed by atoms with Crippen LogP contribution in [0.1, 0.15) is 20.3 Å². The van der Waals surface area contributed by atoms with Crippen molar-refractivity contribution in [3.63, 3.8) is 0 Å². The van der Waals surface area contributed by atoms with E-state index in [1.807, 2.05) is 0 Å². The standard InChI is InChI=1S/C6H13F2NO3S/c1-4(3-5(2)10)9-13(11,12)6(7)8/h4-6,9-10H,3H2,1-2H3. The normalized spacial score (nSPS) is 17.4. The summed E-state index contributed by atoms with van der Waals surface area (Å²) in [5, 5.41) is 8.84. The van der Waals surface area contributed by atoms with Crippen molar-refractivity contribution in [2.45, 2.75) is 38.2 Å². The second kappa shape index (κ2) is 4.83. The van der Waals surface area contributed by atoms with Gasteiger partial charge in [0.05, 0.1) is 6.10 Å². The average molecular weight is 217 g/mol. The van der Waals surface area contributed by atoms with Crippen molar-refractivity contribution in [3.05, 3.63) is 0 Å². The number of aliphatic hydroxyl groups excluding tert-OH is 1. The van der Waals surface area contributed by atoms with Crippen molar-refractivity contribution in [1.82, 2.24) is 4.72 Å². The summed E-state index contributed by atoms with van der Waals surface area (Å²) in [6.07, 6.45) is -0.623. The van der Waals surface area contributed by atoms with E-state index >= 15 is 0 Å². The van der Waals surface area contributed by atoms with Gasteiger partial charge in [-0.3, -0.25) is 0 Å². The topological polar surface area (TPSA) is 66.4 Å². The smallest absolute Gasteiger partial charge is 0.350 e. The van der Waals surface area contributed by atoms with E-state index in [0.717, 1.165) is 0 Å². The molecule has 2 atom stereocenters. The van der Waals surface area contributed by atoms with Gasteiger partial charge in [0.2, 0.25) is 0 Å². The van der Waals surface area contributed by atoms with Gasteiger partial charge in [-0.15, -0.1) is 0 Å². The highest BCUT2D eigenvalue weighted by Gasteiger charge is 2.25. The Morgan fingerprint density at radius 2 is 1.85 bits per heavy atom. The number of hydrogen-bond donors (Lipinski definition) is 2. The predicted octanol–water partition coefficient (Wildman–Crippen LogP) is 0.288. The second-order valence-corrected chi connectivity index (χ2v) is 4.59. The van der Waals surface area contributed by atoms with E-state index in [9.17, 15) is 17.2 Å². The zero-order valence-corrected chi connectivity index (χ0v) is 8.18. The highest BCUT2D eigenvalue weighted by Crippen LogP contribution is 2.05. The molecule has 0 aromatic heterocycles. The third-order valence-electron chi connectivity index (χ3n) is 1.29. The van der Waals surface area contributed by atoms with Gasteiger partial charge in [0, 0.05) is 6.04 Å². The first kappa shape index (κ1) is 12.7. The van der Waals surface area contributed by atoms with Crippen LogP contribution < -0.4 is 4.72 Å². The first-order chi connectivity index (χ1) is 5.75. The Labute approximate surface area is 76.0 Å². The predicted molar refractivity (Wildman–Crippen MR) is 43.8 cm³/mol. The lowest BCUT2D eigenvalue weighted by molar-refractivity contribution is 0.173. The number of aliphatic hydroxyl groups is 1. The maximum Gasteiger partial charge on any atom is 0.350 e. The number of hydrogen-bond acceptors (Lipinski definition) is 3. The van der Waals surface area contributed by atoms with E-state index in [1.165, 1.54) is 13.8 Å². The minimum atomic E-state index is -4.54. The van der Waals surface area contributed by atoms with E-state index in [1.54, 1.807) is 4.72 Å². The van der Waals surface area contributed by atoms with Crippen LogP contribution in [0.3, 0.4) is 0 Å².